The Bertz CT molecular complexity index is 366. The van der Waals surface area contributed by atoms with E-state index >= 15 is 0 Å². The molecule has 0 amide bonds. The van der Waals surface area contributed by atoms with Crippen LogP contribution in [0.3, 0.4) is 0 Å². The molecule has 0 bridgehead atoms. The summed E-state index contributed by atoms with van der Waals surface area (Å²) < 4.78 is 6.33. The maximum Gasteiger partial charge on any atom is 0.0469 e. The molecule has 1 aromatic carbocycles. The minimum absolute atomic E-state index is 0.0181. The van der Waals surface area contributed by atoms with E-state index in [0.29, 0.717) is 5.92 Å². The number of ether oxygens (including phenoxy) is 1. The molecule has 2 rings (SSSR count). The standard InChI is InChI=1S/C12H15BrClNO/c13-9-1-2-10(11(14)7-9)12(15)8-3-5-16-6-4-8/h1-2,7-8,12H,3-6,15H2. The molecule has 1 fully saturated rings. The summed E-state index contributed by atoms with van der Waals surface area (Å²) in [5, 5.41) is 0.744. The number of nitrogens with two attached hydrogens (primary N) is 1. The highest BCUT2D eigenvalue weighted by molar-refractivity contribution is 9.10. The van der Waals surface area contributed by atoms with Gasteiger partial charge in [-0.2, -0.15) is 0 Å². The number of hydrogen-bond acceptors (Lipinski definition) is 2. The highest BCUT2D eigenvalue weighted by Gasteiger charge is 2.23. The molecule has 16 heavy (non-hydrogen) atoms. The van der Waals surface area contributed by atoms with Crippen molar-refractivity contribution >= 4 is 27.5 Å². The Morgan fingerprint density at radius 2 is 2.06 bits per heavy atom. The van der Waals surface area contributed by atoms with Crippen LogP contribution in [0.15, 0.2) is 22.7 Å². The van der Waals surface area contributed by atoms with Crippen LogP contribution in [0.25, 0.3) is 0 Å². The monoisotopic (exact) mass is 303 g/mol. The quantitative estimate of drug-likeness (QED) is 0.907. The van der Waals surface area contributed by atoms with E-state index in [9.17, 15) is 0 Å². The average molecular weight is 305 g/mol. The topological polar surface area (TPSA) is 35.2 Å². The van der Waals surface area contributed by atoms with Crippen LogP contribution in [-0.4, -0.2) is 13.2 Å². The predicted octanol–water partition coefficient (Wildman–Crippen LogP) is 3.53. The maximum atomic E-state index is 6.27. The van der Waals surface area contributed by atoms with Crippen LogP contribution in [0.2, 0.25) is 5.02 Å². The lowest BCUT2D eigenvalue weighted by molar-refractivity contribution is 0.0584. The zero-order valence-corrected chi connectivity index (χ0v) is 11.3. The van der Waals surface area contributed by atoms with Crippen molar-refractivity contribution < 1.29 is 4.74 Å². The van der Waals surface area contributed by atoms with Crippen LogP contribution in [0, 0.1) is 5.92 Å². The van der Waals surface area contributed by atoms with E-state index in [0.717, 1.165) is 41.1 Å². The molecule has 0 aromatic heterocycles. The Morgan fingerprint density at radius 3 is 2.69 bits per heavy atom. The first kappa shape index (κ1) is 12.4. The van der Waals surface area contributed by atoms with Crippen molar-refractivity contribution in [1.29, 1.82) is 0 Å². The van der Waals surface area contributed by atoms with E-state index < -0.39 is 0 Å². The molecule has 1 saturated heterocycles. The van der Waals surface area contributed by atoms with Crippen LogP contribution in [0.1, 0.15) is 24.4 Å². The van der Waals surface area contributed by atoms with Gasteiger partial charge in [0.25, 0.3) is 0 Å². The summed E-state index contributed by atoms with van der Waals surface area (Å²) in [5.74, 6) is 0.479. The van der Waals surface area contributed by atoms with Crippen molar-refractivity contribution in [2.75, 3.05) is 13.2 Å². The van der Waals surface area contributed by atoms with Crippen LogP contribution in [0.5, 0.6) is 0 Å². The first-order valence-corrected chi connectivity index (χ1v) is 6.64. The normalized spacial score (nSPS) is 19.7. The Balaban J connectivity index is 2.15. The van der Waals surface area contributed by atoms with Crippen molar-refractivity contribution in [3.63, 3.8) is 0 Å². The molecule has 0 aliphatic carbocycles. The molecule has 88 valence electrons. The van der Waals surface area contributed by atoms with Gasteiger partial charge in [0, 0.05) is 28.8 Å². The van der Waals surface area contributed by atoms with Gasteiger partial charge in [-0.15, -0.1) is 0 Å². The molecule has 1 aliphatic heterocycles. The second kappa shape index (κ2) is 5.50. The maximum absolute atomic E-state index is 6.27. The van der Waals surface area contributed by atoms with Crippen LogP contribution < -0.4 is 5.73 Å². The van der Waals surface area contributed by atoms with E-state index in [1.165, 1.54) is 0 Å². The number of halogens is 2. The van der Waals surface area contributed by atoms with E-state index in [2.05, 4.69) is 15.9 Å². The number of benzene rings is 1. The summed E-state index contributed by atoms with van der Waals surface area (Å²) in [5.41, 5.74) is 7.30. The van der Waals surface area contributed by atoms with Crippen LogP contribution in [0.4, 0.5) is 0 Å². The summed E-state index contributed by atoms with van der Waals surface area (Å²) in [6, 6.07) is 5.91. The Morgan fingerprint density at radius 1 is 1.38 bits per heavy atom. The third-order valence-corrected chi connectivity index (χ3v) is 3.92. The molecule has 1 aromatic rings. The molecule has 1 heterocycles. The molecular formula is C12H15BrClNO. The smallest absolute Gasteiger partial charge is 0.0469 e. The summed E-state index contributed by atoms with van der Waals surface area (Å²) in [6.45, 7) is 1.62. The van der Waals surface area contributed by atoms with E-state index in [1.54, 1.807) is 0 Å². The van der Waals surface area contributed by atoms with E-state index in [1.807, 2.05) is 18.2 Å². The lowest BCUT2D eigenvalue weighted by atomic mass is 9.88. The molecule has 0 radical (unpaired) electrons. The van der Waals surface area contributed by atoms with E-state index in [4.69, 9.17) is 22.1 Å². The van der Waals surface area contributed by atoms with Gasteiger partial charge in [0.1, 0.15) is 0 Å². The van der Waals surface area contributed by atoms with E-state index in [-0.39, 0.29) is 6.04 Å². The fourth-order valence-corrected chi connectivity index (χ4v) is 2.90. The first-order valence-electron chi connectivity index (χ1n) is 5.47. The summed E-state index contributed by atoms with van der Waals surface area (Å²) in [4.78, 5) is 0. The molecular weight excluding hydrogens is 289 g/mol. The molecule has 4 heteroatoms. The Hall–Kier alpha value is -0.0900. The third-order valence-electron chi connectivity index (χ3n) is 3.10. The van der Waals surface area contributed by atoms with Crippen molar-refractivity contribution in [1.82, 2.24) is 0 Å². The minimum atomic E-state index is 0.0181. The fraction of sp³-hybridized carbons (Fsp3) is 0.500. The van der Waals surface area contributed by atoms with Gasteiger partial charge in [0.15, 0.2) is 0 Å². The van der Waals surface area contributed by atoms with Crippen LogP contribution in [-0.2, 0) is 4.74 Å². The first-order chi connectivity index (χ1) is 7.68. The lowest BCUT2D eigenvalue weighted by Crippen LogP contribution is -2.27. The van der Waals surface area contributed by atoms with Gasteiger partial charge < -0.3 is 10.5 Å². The third kappa shape index (κ3) is 2.77. The van der Waals surface area contributed by atoms with Crippen molar-refractivity contribution in [3.05, 3.63) is 33.3 Å². The molecule has 1 aliphatic rings. The average Bonchev–Trinajstić information content (AvgIpc) is 2.29. The molecule has 0 saturated carbocycles. The van der Waals surface area contributed by atoms with Crippen LogP contribution >= 0.6 is 27.5 Å². The van der Waals surface area contributed by atoms with Crippen molar-refractivity contribution in [2.24, 2.45) is 11.7 Å². The zero-order valence-electron chi connectivity index (χ0n) is 8.96. The van der Waals surface area contributed by atoms with Crippen molar-refractivity contribution in [2.45, 2.75) is 18.9 Å². The van der Waals surface area contributed by atoms with Gasteiger partial charge in [-0.25, -0.2) is 0 Å². The predicted molar refractivity (Wildman–Crippen MR) is 69.6 cm³/mol. The summed E-state index contributed by atoms with van der Waals surface area (Å²) >= 11 is 9.60. The van der Waals surface area contributed by atoms with Gasteiger partial charge >= 0.3 is 0 Å². The molecule has 2 nitrogen and oxygen atoms in total. The summed E-state index contributed by atoms with van der Waals surface area (Å²) in [7, 11) is 0. The second-order valence-electron chi connectivity index (χ2n) is 4.14. The van der Waals surface area contributed by atoms with Crippen molar-refractivity contribution in [3.8, 4) is 0 Å². The second-order valence-corrected chi connectivity index (χ2v) is 5.46. The Kier molecular flexibility index (Phi) is 4.25. The zero-order chi connectivity index (χ0) is 11.5. The summed E-state index contributed by atoms with van der Waals surface area (Å²) in [6.07, 6.45) is 2.04. The number of hydrogen-bond donors (Lipinski definition) is 1. The molecule has 2 N–H and O–H groups in total. The largest absolute Gasteiger partial charge is 0.381 e. The van der Waals surface area contributed by atoms with Gasteiger partial charge in [-0.1, -0.05) is 33.6 Å². The fourth-order valence-electron chi connectivity index (χ4n) is 2.10. The molecule has 0 spiro atoms. The SMILES string of the molecule is NC(c1ccc(Br)cc1Cl)C1CCOCC1. The molecule has 1 atom stereocenters. The highest BCUT2D eigenvalue weighted by atomic mass is 79.9. The minimum Gasteiger partial charge on any atom is -0.381 e. The highest BCUT2D eigenvalue weighted by Crippen LogP contribution is 2.33. The van der Waals surface area contributed by atoms with Gasteiger partial charge in [-0.3, -0.25) is 0 Å². The van der Waals surface area contributed by atoms with Gasteiger partial charge in [0.2, 0.25) is 0 Å². The van der Waals surface area contributed by atoms with Gasteiger partial charge in [-0.05, 0) is 36.5 Å². The van der Waals surface area contributed by atoms with Gasteiger partial charge in [0.05, 0.1) is 0 Å². The lowest BCUT2D eigenvalue weighted by Gasteiger charge is -2.28. The molecule has 1 unspecified atom stereocenters. The number of rotatable bonds is 2. The Labute approximate surface area is 109 Å².